The topological polar surface area (TPSA) is 63.8 Å². The van der Waals surface area contributed by atoms with Crippen molar-refractivity contribution >= 4 is 23.4 Å². The van der Waals surface area contributed by atoms with E-state index in [1.54, 1.807) is 6.07 Å². The highest BCUT2D eigenvalue weighted by Gasteiger charge is 2.03. The van der Waals surface area contributed by atoms with Crippen LogP contribution in [0.2, 0.25) is 0 Å². The van der Waals surface area contributed by atoms with Crippen LogP contribution in [0.5, 0.6) is 0 Å². The summed E-state index contributed by atoms with van der Waals surface area (Å²) in [6, 6.07) is 1.79. The summed E-state index contributed by atoms with van der Waals surface area (Å²) >= 11 is 1.88. The van der Waals surface area contributed by atoms with Crippen molar-refractivity contribution in [3.63, 3.8) is 0 Å². The zero-order chi connectivity index (χ0) is 12.7. The maximum Gasteiger partial charge on any atom is 0.133 e. The fourth-order valence-corrected chi connectivity index (χ4v) is 1.82. The standard InChI is InChI=1S/C12H22N4S/c1-4-5-11-15-10(13)8-12(16-11)14-7-6-9(2)17-3/h8-9H,4-7H2,1-3H3,(H3,13,14,15,16). The number of hydrogen-bond acceptors (Lipinski definition) is 5. The maximum absolute atomic E-state index is 5.75. The van der Waals surface area contributed by atoms with Gasteiger partial charge in [0.25, 0.3) is 0 Å². The molecule has 0 aliphatic carbocycles. The van der Waals surface area contributed by atoms with Crippen molar-refractivity contribution in [2.75, 3.05) is 23.9 Å². The van der Waals surface area contributed by atoms with Gasteiger partial charge in [-0.25, -0.2) is 9.97 Å². The Morgan fingerprint density at radius 2 is 2.24 bits per heavy atom. The lowest BCUT2D eigenvalue weighted by Gasteiger charge is -2.10. The SMILES string of the molecule is CCCc1nc(N)cc(NCCC(C)SC)n1. The molecule has 0 saturated carbocycles. The van der Waals surface area contributed by atoms with Gasteiger partial charge in [-0.2, -0.15) is 11.8 Å². The zero-order valence-corrected chi connectivity index (χ0v) is 11.7. The minimum atomic E-state index is 0.545. The summed E-state index contributed by atoms with van der Waals surface area (Å²) in [7, 11) is 0. The maximum atomic E-state index is 5.75. The van der Waals surface area contributed by atoms with Crippen molar-refractivity contribution in [3.8, 4) is 0 Å². The van der Waals surface area contributed by atoms with Crippen LogP contribution >= 0.6 is 11.8 Å². The van der Waals surface area contributed by atoms with E-state index in [0.717, 1.165) is 37.4 Å². The second-order valence-electron chi connectivity index (χ2n) is 4.11. The van der Waals surface area contributed by atoms with E-state index in [2.05, 4.69) is 35.4 Å². The fourth-order valence-electron chi connectivity index (χ4n) is 1.47. The highest BCUT2D eigenvalue weighted by molar-refractivity contribution is 7.99. The number of anilines is 2. The molecule has 17 heavy (non-hydrogen) atoms. The van der Waals surface area contributed by atoms with Crippen molar-refractivity contribution in [2.45, 2.75) is 38.4 Å². The lowest BCUT2D eigenvalue weighted by molar-refractivity contribution is 0.823. The van der Waals surface area contributed by atoms with Gasteiger partial charge in [0.1, 0.15) is 17.5 Å². The Bertz CT molecular complexity index is 343. The van der Waals surface area contributed by atoms with Crippen LogP contribution in [0, 0.1) is 0 Å². The van der Waals surface area contributed by atoms with Crippen LogP contribution in [0.3, 0.4) is 0 Å². The van der Waals surface area contributed by atoms with Gasteiger partial charge in [-0.05, 0) is 19.1 Å². The molecule has 0 bridgehead atoms. The molecule has 0 fully saturated rings. The average molecular weight is 254 g/mol. The minimum absolute atomic E-state index is 0.545. The lowest BCUT2D eigenvalue weighted by atomic mass is 10.3. The summed E-state index contributed by atoms with van der Waals surface area (Å²) in [4.78, 5) is 8.64. The van der Waals surface area contributed by atoms with Gasteiger partial charge in [-0.3, -0.25) is 0 Å². The molecule has 0 aromatic carbocycles. The molecule has 0 aliphatic rings. The van der Waals surface area contributed by atoms with E-state index in [9.17, 15) is 0 Å². The van der Waals surface area contributed by atoms with Gasteiger partial charge in [0, 0.05) is 24.3 Å². The molecular formula is C12H22N4S. The molecule has 0 amide bonds. The predicted octanol–water partition coefficient (Wildman–Crippen LogP) is 2.56. The monoisotopic (exact) mass is 254 g/mol. The molecule has 4 nitrogen and oxygen atoms in total. The van der Waals surface area contributed by atoms with Gasteiger partial charge in [0.2, 0.25) is 0 Å². The number of thioether (sulfide) groups is 1. The van der Waals surface area contributed by atoms with Crippen LogP contribution in [0.4, 0.5) is 11.6 Å². The second-order valence-corrected chi connectivity index (χ2v) is 5.38. The number of nitrogens with two attached hydrogens (primary N) is 1. The van der Waals surface area contributed by atoms with E-state index in [0.29, 0.717) is 11.1 Å². The van der Waals surface area contributed by atoms with Gasteiger partial charge in [0.05, 0.1) is 0 Å². The normalized spacial score (nSPS) is 12.4. The fraction of sp³-hybridized carbons (Fsp3) is 0.667. The van der Waals surface area contributed by atoms with Crippen molar-refractivity contribution in [1.82, 2.24) is 9.97 Å². The highest BCUT2D eigenvalue weighted by Crippen LogP contribution is 2.12. The Kier molecular flexibility index (Phi) is 6.11. The van der Waals surface area contributed by atoms with E-state index in [1.807, 2.05) is 11.8 Å². The van der Waals surface area contributed by atoms with Gasteiger partial charge in [-0.15, -0.1) is 0 Å². The lowest BCUT2D eigenvalue weighted by Crippen LogP contribution is -2.10. The number of aryl methyl sites for hydroxylation is 1. The number of nitrogen functional groups attached to an aromatic ring is 1. The van der Waals surface area contributed by atoms with Crippen molar-refractivity contribution < 1.29 is 0 Å². The molecule has 1 unspecified atom stereocenters. The molecule has 5 heteroatoms. The molecule has 0 saturated heterocycles. The first-order valence-corrected chi connectivity index (χ1v) is 7.34. The summed E-state index contributed by atoms with van der Waals surface area (Å²) in [5.74, 6) is 2.21. The summed E-state index contributed by atoms with van der Waals surface area (Å²) in [5, 5.41) is 3.97. The van der Waals surface area contributed by atoms with E-state index in [1.165, 1.54) is 0 Å². The van der Waals surface area contributed by atoms with Crippen molar-refractivity contribution in [3.05, 3.63) is 11.9 Å². The van der Waals surface area contributed by atoms with Crippen LogP contribution in [-0.2, 0) is 6.42 Å². The van der Waals surface area contributed by atoms with E-state index in [4.69, 9.17) is 5.73 Å². The van der Waals surface area contributed by atoms with E-state index < -0.39 is 0 Å². The number of rotatable bonds is 7. The van der Waals surface area contributed by atoms with Gasteiger partial charge >= 0.3 is 0 Å². The minimum Gasteiger partial charge on any atom is -0.384 e. The molecular weight excluding hydrogens is 232 g/mol. The second kappa shape index (κ2) is 7.37. The summed E-state index contributed by atoms with van der Waals surface area (Å²) in [6.07, 6.45) is 5.16. The zero-order valence-electron chi connectivity index (χ0n) is 10.9. The molecule has 1 atom stereocenters. The Balaban J connectivity index is 2.52. The van der Waals surface area contributed by atoms with Crippen LogP contribution in [0.25, 0.3) is 0 Å². The van der Waals surface area contributed by atoms with Crippen LogP contribution in [-0.4, -0.2) is 28.0 Å². The molecule has 0 radical (unpaired) electrons. The Morgan fingerprint density at radius 3 is 2.88 bits per heavy atom. The molecule has 0 aliphatic heterocycles. The molecule has 1 aromatic rings. The van der Waals surface area contributed by atoms with Crippen molar-refractivity contribution in [2.24, 2.45) is 0 Å². The van der Waals surface area contributed by atoms with Crippen molar-refractivity contribution in [1.29, 1.82) is 0 Å². The molecule has 1 heterocycles. The molecule has 3 N–H and O–H groups in total. The Labute approximate surface area is 108 Å². The Morgan fingerprint density at radius 1 is 1.47 bits per heavy atom. The third-order valence-electron chi connectivity index (χ3n) is 2.53. The summed E-state index contributed by atoms with van der Waals surface area (Å²) in [5.41, 5.74) is 5.75. The van der Waals surface area contributed by atoms with E-state index >= 15 is 0 Å². The summed E-state index contributed by atoms with van der Waals surface area (Å²) < 4.78 is 0. The Hall–Kier alpha value is -0.970. The number of hydrogen-bond donors (Lipinski definition) is 2. The van der Waals surface area contributed by atoms with E-state index in [-0.39, 0.29) is 0 Å². The third-order valence-corrected chi connectivity index (χ3v) is 3.57. The van der Waals surface area contributed by atoms with Gasteiger partial charge in [-0.1, -0.05) is 13.8 Å². The third kappa shape index (κ3) is 5.26. The first-order valence-electron chi connectivity index (χ1n) is 6.05. The largest absolute Gasteiger partial charge is 0.384 e. The highest BCUT2D eigenvalue weighted by atomic mass is 32.2. The van der Waals surface area contributed by atoms with Crippen LogP contribution in [0.1, 0.15) is 32.5 Å². The van der Waals surface area contributed by atoms with Gasteiger partial charge < -0.3 is 11.1 Å². The number of aromatic nitrogens is 2. The first-order chi connectivity index (χ1) is 8.15. The average Bonchev–Trinajstić information content (AvgIpc) is 2.28. The summed E-state index contributed by atoms with van der Waals surface area (Å²) in [6.45, 7) is 5.26. The first kappa shape index (κ1) is 14.1. The number of nitrogens with zero attached hydrogens (tertiary/aromatic N) is 2. The smallest absolute Gasteiger partial charge is 0.133 e. The molecule has 1 aromatic heterocycles. The molecule has 1 rings (SSSR count). The van der Waals surface area contributed by atoms with Crippen LogP contribution < -0.4 is 11.1 Å². The number of nitrogens with one attached hydrogen (secondary N) is 1. The molecule has 0 spiro atoms. The molecule has 96 valence electrons. The quantitative estimate of drug-likeness (QED) is 0.783. The predicted molar refractivity (Wildman–Crippen MR) is 76.5 cm³/mol. The van der Waals surface area contributed by atoms with Gasteiger partial charge in [0.15, 0.2) is 0 Å². The van der Waals surface area contributed by atoms with Crippen LogP contribution in [0.15, 0.2) is 6.07 Å².